The van der Waals surface area contributed by atoms with Crippen LogP contribution in [0.5, 0.6) is 5.75 Å². The molecule has 3 aliphatic rings. The van der Waals surface area contributed by atoms with Crippen molar-refractivity contribution in [3.63, 3.8) is 0 Å². The average molecular weight is 569 g/mol. The fourth-order valence-corrected chi connectivity index (χ4v) is 6.71. The lowest BCUT2D eigenvalue weighted by molar-refractivity contribution is -0.159. The number of unbranched alkanes of at least 4 members (excludes halogenated alkanes) is 1. The highest BCUT2D eigenvalue weighted by atomic mass is 16.3. The molecule has 1 aromatic rings. The van der Waals surface area contributed by atoms with Crippen molar-refractivity contribution in [1.82, 2.24) is 20.0 Å². The number of rotatable bonds is 13. The first kappa shape index (κ1) is 30.8. The zero-order chi connectivity index (χ0) is 29.4. The van der Waals surface area contributed by atoms with Gasteiger partial charge in [-0.25, -0.2) is 0 Å². The van der Waals surface area contributed by atoms with Crippen molar-refractivity contribution in [2.75, 3.05) is 32.7 Å². The molecule has 0 bridgehead atoms. The molecule has 0 unspecified atom stereocenters. The lowest BCUT2D eigenvalue weighted by Crippen LogP contribution is -2.60. The van der Waals surface area contributed by atoms with Crippen LogP contribution in [0.4, 0.5) is 0 Å². The minimum absolute atomic E-state index is 0.0605. The van der Waals surface area contributed by atoms with E-state index in [4.69, 9.17) is 0 Å². The van der Waals surface area contributed by atoms with Gasteiger partial charge >= 0.3 is 23.6 Å². The van der Waals surface area contributed by atoms with Crippen LogP contribution in [-0.4, -0.2) is 88.2 Å². The number of phenols is 1. The molecular formula is C32H48N4O5. The maximum absolute atomic E-state index is 13.2. The van der Waals surface area contributed by atoms with Gasteiger partial charge in [-0.2, -0.15) is 0 Å². The van der Waals surface area contributed by atoms with E-state index in [0.717, 1.165) is 31.2 Å². The van der Waals surface area contributed by atoms with Crippen molar-refractivity contribution in [2.45, 2.75) is 96.6 Å². The van der Waals surface area contributed by atoms with E-state index >= 15 is 0 Å². The number of carbonyl (C=O) groups excluding carboxylic acids is 4. The van der Waals surface area contributed by atoms with Crippen LogP contribution >= 0.6 is 0 Å². The third-order valence-electron chi connectivity index (χ3n) is 9.04. The number of hydrogen-bond donors (Lipinski definition) is 2. The normalized spacial score (nSPS) is 22.6. The van der Waals surface area contributed by atoms with E-state index in [1.54, 1.807) is 21.9 Å². The molecule has 2 heterocycles. The van der Waals surface area contributed by atoms with E-state index in [0.29, 0.717) is 57.4 Å². The van der Waals surface area contributed by atoms with Crippen molar-refractivity contribution < 1.29 is 24.3 Å². The number of hydrogen-bond acceptors (Lipinski definition) is 5. The maximum Gasteiger partial charge on any atom is 0.312 e. The summed E-state index contributed by atoms with van der Waals surface area (Å²) in [5, 5.41) is 12.2. The molecule has 1 saturated carbocycles. The summed E-state index contributed by atoms with van der Waals surface area (Å²) in [5.74, 6) is -0.525. The van der Waals surface area contributed by atoms with Crippen LogP contribution in [0.3, 0.4) is 0 Å². The van der Waals surface area contributed by atoms with Crippen LogP contribution in [0.1, 0.15) is 83.6 Å². The molecule has 9 nitrogen and oxygen atoms in total. The lowest BCUT2D eigenvalue weighted by atomic mass is 9.86. The SMILES string of the molecule is CC(C)C[C@H]1CN(CCCC[C@H]2CNC(=O)C(=O)N2CCc2ccc(O)cc2)C(=O)C(=O)N1CCC1CCCCC1. The summed E-state index contributed by atoms with van der Waals surface area (Å²) in [6.45, 7) is 6.97. The number of aromatic hydroxyl groups is 1. The quantitative estimate of drug-likeness (QED) is 0.280. The lowest BCUT2D eigenvalue weighted by Gasteiger charge is -2.42. The van der Waals surface area contributed by atoms with Crippen molar-refractivity contribution in [2.24, 2.45) is 11.8 Å². The Morgan fingerprint density at radius 2 is 1.54 bits per heavy atom. The Hall–Kier alpha value is -3.10. The Bertz CT molecular complexity index is 1050. The van der Waals surface area contributed by atoms with Crippen LogP contribution in [0.25, 0.3) is 0 Å². The van der Waals surface area contributed by atoms with Gasteiger partial charge < -0.3 is 25.1 Å². The Morgan fingerprint density at radius 1 is 0.829 bits per heavy atom. The smallest absolute Gasteiger partial charge is 0.312 e. The van der Waals surface area contributed by atoms with E-state index in [1.165, 1.54) is 32.1 Å². The number of phenolic OH excluding ortho intramolecular Hbond substituents is 1. The first-order chi connectivity index (χ1) is 19.7. The minimum atomic E-state index is -0.575. The number of nitrogens with zero attached hydrogens (tertiary/aromatic N) is 3. The first-order valence-corrected chi connectivity index (χ1v) is 15.7. The zero-order valence-corrected chi connectivity index (χ0v) is 24.9. The zero-order valence-electron chi connectivity index (χ0n) is 24.9. The minimum Gasteiger partial charge on any atom is -0.508 e. The van der Waals surface area contributed by atoms with Crippen molar-refractivity contribution in [3.8, 4) is 5.75 Å². The summed E-state index contributed by atoms with van der Waals surface area (Å²) in [6, 6.07) is 6.82. The van der Waals surface area contributed by atoms with Gasteiger partial charge in [-0.05, 0) is 68.1 Å². The molecule has 2 aliphatic heterocycles. The average Bonchev–Trinajstić information content (AvgIpc) is 2.96. The van der Waals surface area contributed by atoms with E-state index in [2.05, 4.69) is 19.2 Å². The van der Waals surface area contributed by atoms with Crippen LogP contribution in [0.15, 0.2) is 24.3 Å². The van der Waals surface area contributed by atoms with Crippen molar-refractivity contribution in [3.05, 3.63) is 29.8 Å². The Labute approximate surface area is 244 Å². The number of benzene rings is 1. The van der Waals surface area contributed by atoms with Crippen LogP contribution in [-0.2, 0) is 25.6 Å². The molecule has 4 rings (SSSR count). The standard InChI is InChI=1S/C32H48N4O5/c1-23(2)20-27-22-34(31(40)32(41)36(27)19-15-24-8-4-3-5-9-24)17-7-6-10-26-21-33-29(38)30(39)35(26)18-16-25-11-13-28(37)14-12-25/h11-14,23-24,26-27,37H,3-10,15-22H2,1-2H3,(H,33,38)/t26-,27-/m0/s1. The van der Waals surface area contributed by atoms with Gasteiger partial charge in [0.25, 0.3) is 0 Å². The van der Waals surface area contributed by atoms with E-state index in [1.807, 2.05) is 17.0 Å². The predicted octanol–water partition coefficient (Wildman–Crippen LogP) is 3.49. The molecule has 2 N–H and O–H groups in total. The second-order valence-corrected chi connectivity index (χ2v) is 12.6. The molecule has 9 heteroatoms. The van der Waals surface area contributed by atoms with Crippen molar-refractivity contribution >= 4 is 23.6 Å². The second kappa shape index (κ2) is 14.7. The van der Waals surface area contributed by atoms with Gasteiger partial charge in [0.1, 0.15) is 5.75 Å². The van der Waals surface area contributed by atoms with Gasteiger partial charge in [0.2, 0.25) is 0 Å². The Balaban J connectivity index is 1.28. The summed E-state index contributed by atoms with van der Waals surface area (Å²) in [6.07, 6.45) is 11.0. The summed E-state index contributed by atoms with van der Waals surface area (Å²) in [7, 11) is 0. The summed E-state index contributed by atoms with van der Waals surface area (Å²) < 4.78 is 0. The Morgan fingerprint density at radius 3 is 2.24 bits per heavy atom. The molecule has 3 fully saturated rings. The monoisotopic (exact) mass is 568 g/mol. The molecule has 226 valence electrons. The fourth-order valence-electron chi connectivity index (χ4n) is 6.71. The fraction of sp³-hybridized carbons (Fsp3) is 0.688. The van der Waals surface area contributed by atoms with E-state index in [9.17, 15) is 24.3 Å². The van der Waals surface area contributed by atoms with Gasteiger partial charge in [-0.3, -0.25) is 19.2 Å². The molecule has 0 spiro atoms. The van der Waals surface area contributed by atoms with Gasteiger partial charge in [-0.15, -0.1) is 0 Å². The second-order valence-electron chi connectivity index (χ2n) is 12.6. The Kier molecular flexibility index (Phi) is 11.1. The molecule has 4 amide bonds. The maximum atomic E-state index is 13.2. The molecule has 41 heavy (non-hydrogen) atoms. The van der Waals surface area contributed by atoms with Gasteiger partial charge in [0.05, 0.1) is 6.04 Å². The van der Waals surface area contributed by atoms with Crippen LogP contribution in [0.2, 0.25) is 0 Å². The third kappa shape index (κ3) is 8.46. The topological polar surface area (TPSA) is 110 Å². The number of carbonyl (C=O) groups is 4. The molecule has 2 saturated heterocycles. The summed E-state index contributed by atoms with van der Waals surface area (Å²) >= 11 is 0. The van der Waals surface area contributed by atoms with Gasteiger partial charge in [0, 0.05) is 38.8 Å². The largest absolute Gasteiger partial charge is 0.508 e. The third-order valence-corrected chi connectivity index (χ3v) is 9.04. The van der Waals surface area contributed by atoms with E-state index < -0.39 is 11.8 Å². The molecule has 1 aliphatic carbocycles. The summed E-state index contributed by atoms with van der Waals surface area (Å²) in [4.78, 5) is 56.3. The predicted molar refractivity (Wildman–Crippen MR) is 157 cm³/mol. The van der Waals surface area contributed by atoms with Gasteiger partial charge in [-0.1, -0.05) is 58.1 Å². The van der Waals surface area contributed by atoms with Crippen LogP contribution in [0, 0.1) is 11.8 Å². The molecule has 2 atom stereocenters. The highest BCUT2D eigenvalue weighted by Crippen LogP contribution is 2.28. The molecule has 1 aromatic carbocycles. The first-order valence-electron chi connectivity index (χ1n) is 15.7. The molecule has 0 aromatic heterocycles. The number of amides is 4. The van der Waals surface area contributed by atoms with Crippen LogP contribution < -0.4 is 5.32 Å². The summed E-state index contributed by atoms with van der Waals surface area (Å²) in [5.41, 5.74) is 0.984. The van der Waals surface area contributed by atoms with Gasteiger partial charge in [0.15, 0.2) is 0 Å². The highest BCUT2D eigenvalue weighted by molar-refractivity contribution is 6.36. The molecular weight excluding hydrogens is 520 g/mol. The number of piperazine rings is 2. The van der Waals surface area contributed by atoms with Crippen molar-refractivity contribution in [1.29, 1.82) is 0 Å². The molecule has 0 radical (unpaired) electrons. The number of nitrogens with one attached hydrogen (secondary N) is 1. The highest BCUT2D eigenvalue weighted by Gasteiger charge is 2.39. The van der Waals surface area contributed by atoms with E-state index in [-0.39, 0.29) is 29.6 Å².